The molecule has 22 heavy (non-hydrogen) atoms. The van der Waals surface area contributed by atoms with E-state index in [9.17, 15) is 0 Å². The van der Waals surface area contributed by atoms with Crippen LogP contribution in [0.15, 0.2) is 36.8 Å². The van der Waals surface area contributed by atoms with E-state index in [1.54, 1.807) is 0 Å². The largest absolute Gasteiger partial charge is 0.337 e. The Bertz CT molecular complexity index is 597. The first-order valence-corrected chi connectivity index (χ1v) is 8.17. The van der Waals surface area contributed by atoms with Crippen LogP contribution in [-0.2, 0) is 20.1 Å². The Morgan fingerprint density at radius 3 is 2.77 bits per heavy atom. The molecule has 0 spiro atoms. The van der Waals surface area contributed by atoms with Crippen LogP contribution in [0.2, 0.25) is 0 Å². The fourth-order valence-electron chi connectivity index (χ4n) is 3.17. The van der Waals surface area contributed by atoms with E-state index in [0.717, 1.165) is 13.1 Å². The first-order valence-electron chi connectivity index (χ1n) is 8.17. The molecular formula is C18H26N4. The molecule has 0 radical (unpaired) electrons. The van der Waals surface area contributed by atoms with Crippen LogP contribution in [0.4, 0.5) is 0 Å². The molecule has 2 aromatic rings. The van der Waals surface area contributed by atoms with Gasteiger partial charge in [0.25, 0.3) is 0 Å². The number of nitrogens with one attached hydrogen (secondary N) is 1. The summed E-state index contributed by atoms with van der Waals surface area (Å²) in [6.45, 7) is 6.52. The molecular weight excluding hydrogens is 272 g/mol. The van der Waals surface area contributed by atoms with Crippen molar-refractivity contribution in [3.63, 3.8) is 0 Å². The van der Waals surface area contributed by atoms with Crippen molar-refractivity contribution in [3.05, 3.63) is 53.6 Å². The quantitative estimate of drug-likeness (QED) is 0.920. The summed E-state index contributed by atoms with van der Waals surface area (Å²) in [5, 5.41) is 3.67. The zero-order valence-corrected chi connectivity index (χ0v) is 13.6. The molecule has 1 aromatic carbocycles. The zero-order valence-electron chi connectivity index (χ0n) is 13.6. The van der Waals surface area contributed by atoms with E-state index >= 15 is 0 Å². The predicted molar refractivity (Wildman–Crippen MR) is 89.5 cm³/mol. The average molecular weight is 298 g/mol. The summed E-state index contributed by atoms with van der Waals surface area (Å²) in [5.41, 5.74) is 4.04. The molecule has 0 bridgehead atoms. The van der Waals surface area contributed by atoms with Crippen molar-refractivity contribution in [2.45, 2.75) is 38.9 Å². The van der Waals surface area contributed by atoms with Gasteiger partial charge in [0.05, 0.1) is 12.0 Å². The Balaban J connectivity index is 1.43. The van der Waals surface area contributed by atoms with E-state index in [4.69, 9.17) is 0 Å². The van der Waals surface area contributed by atoms with E-state index in [0.29, 0.717) is 6.04 Å². The van der Waals surface area contributed by atoms with Crippen molar-refractivity contribution in [1.82, 2.24) is 19.8 Å². The average Bonchev–Trinajstić information content (AvgIpc) is 2.92. The molecule has 1 aromatic heterocycles. The molecule has 4 heteroatoms. The smallest absolute Gasteiger partial charge is 0.0945 e. The van der Waals surface area contributed by atoms with Crippen molar-refractivity contribution < 1.29 is 0 Å². The van der Waals surface area contributed by atoms with Crippen molar-refractivity contribution in [2.75, 3.05) is 13.1 Å². The first-order chi connectivity index (χ1) is 10.7. The summed E-state index contributed by atoms with van der Waals surface area (Å²) >= 11 is 0. The molecule has 4 nitrogen and oxygen atoms in total. The van der Waals surface area contributed by atoms with E-state index < -0.39 is 0 Å². The Hall–Kier alpha value is -1.65. The number of hydrogen-bond donors (Lipinski definition) is 1. The molecule has 1 fully saturated rings. The number of benzene rings is 1. The second-order valence-electron chi connectivity index (χ2n) is 6.42. The van der Waals surface area contributed by atoms with Gasteiger partial charge in [-0.25, -0.2) is 4.98 Å². The number of hydrogen-bond acceptors (Lipinski definition) is 3. The highest BCUT2D eigenvalue weighted by Gasteiger charge is 2.19. The normalized spacial score (nSPS) is 17.0. The third-order valence-corrected chi connectivity index (χ3v) is 4.56. The molecule has 0 aliphatic carbocycles. The third-order valence-electron chi connectivity index (χ3n) is 4.56. The van der Waals surface area contributed by atoms with Crippen LogP contribution in [0.1, 0.15) is 29.7 Å². The number of imidazole rings is 1. The molecule has 0 saturated carbocycles. The Morgan fingerprint density at radius 1 is 1.27 bits per heavy atom. The highest BCUT2D eigenvalue weighted by atomic mass is 15.1. The lowest BCUT2D eigenvalue weighted by Gasteiger charge is -2.32. The summed E-state index contributed by atoms with van der Waals surface area (Å²) in [6.07, 6.45) is 6.26. The molecule has 1 aliphatic heterocycles. The molecule has 3 rings (SSSR count). The zero-order chi connectivity index (χ0) is 15.4. The summed E-state index contributed by atoms with van der Waals surface area (Å²) in [5.74, 6) is 0. The number of rotatable bonds is 5. The minimum atomic E-state index is 0.628. The Morgan fingerprint density at radius 2 is 2.09 bits per heavy atom. The van der Waals surface area contributed by atoms with Gasteiger partial charge in [0.1, 0.15) is 0 Å². The standard InChI is InChI=1S/C18H26N4/c1-15-4-3-5-16(10-15)13-22-8-6-17(7-9-22)20-12-18-11-19-14-21(18)2/h3-5,10-11,14,17,20H,6-9,12-13H2,1-2H3. The minimum absolute atomic E-state index is 0.628. The molecule has 0 amide bonds. The van der Waals surface area contributed by atoms with Gasteiger partial charge in [-0.15, -0.1) is 0 Å². The Kier molecular flexibility index (Phi) is 4.90. The maximum absolute atomic E-state index is 4.17. The lowest BCUT2D eigenvalue weighted by atomic mass is 10.0. The fraction of sp³-hybridized carbons (Fsp3) is 0.500. The van der Waals surface area contributed by atoms with Crippen LogP contribution in [0.25, 0.3) is 0 Å². The number of aromatic nitrogens is 2. The van der Waals surface area contributed by atoms with Crippen LogP contribution < -0.4 is 5.32 Å². The van der Waals surface area contributed by atoms with Crippen molar-refractivity contribution in [2.24, 2.45) is 7.05 Å². The molecule has 1 saturated heterocycles. The maximum Gasteiger partial charge on any atom is 0.0945 e. The molecule has 1 aliphatic rings. The van der Waals surface area contributed by atoms with Gasteiger partial charge < -0.3 is 9.88 Å². The molecule has 2 heterocycles. The minimum Gasteiger partial charge on any atom is -0.337 e. The van der Waals surface area contributed by atoms with Crippen LogP contribution >= 0.6 is 0 Å². The lowest BCUT2D eigenvalue weighted by molar-refractivity contribution is 0.189. The highest BCUT2D eigenvalue weighted by Crippen LogP contribution is 2.15. The third kappa shape index (κ3) is 3.96. The Labute approximate surface area is 133 Å². The van der Waals surface area contributed by atoms with Crippen LogP contribution in [-0.4, -0.2) is 33.6 Å². The van der Waals surface area contributed by atoms with Crippen molar-refractivity contribution in [1.29, 1.82) is 0 Å². The maximum atomic E-state index is 4.17. The molecule has 1 N–H and O–H groups in total. The van der Waals surface area contributed by atoms with Gasteiger partial charge in [0.2, 0.25) is 0 Å². The van der Waals surface area contributed by atoms with Gasteiger partial charge in [-0.3, -0.25) is 4.90 Å². The topological polar surface area (TPSA) is 33.1 Å². The van der Waals surface area contributed by atoms with Gasteiger partial charge >= 0.3 is 0 Å². The summed E-state index contributed by atoms with van der Waals surface area (Å²) in [4.78, 5) is 6.73. The number of likely N-dealkylation sites (tertiary alicyclic amines) is 1. The highest BCUT2D eigenvalue weighted by molar-refractivity contribution is 5.22. The molecule has 118 valence electrons. The van der Waals surface area contributed by atoms with Gasteiger partial charge in [0.15, 0.2) is 0 Å². The van der Waals surface area contributed by atoms with E-state index in [2.05, 4.69) is 58.0 Å². The van der Waals surface area contributed by atoms with E-state index in [1.807, 2.05) is 12.5 Å². The van der Waals surface area contributed by atoms with Gasteiger partial charge in [-0.1, -0.05) is 29.8 Å². The number of piperidine rings is 1. The predicted octanol–water partition coefficient (Wildman–Crippen LogP) is 2.48. The SMILES string of the molecule is Cc1cccc(CN2CCC(NCc3cncn3C)CC2)c1. The van der Waals surface area contributed by atoms with Gasteiger partial charge in [0, 0.05) is 32.4 Å². The van der Waals surface area contributed by atoms with Crippen molar-refractivity contribution in [3.8, 4) is 0 Å². The van der Waals surface area contributed by atoms with E-state index in [1.165, 1.54) is 42.8 Å². The fourth-order valence-corrected chi connectivity index (χ4v) is 3.17. The number of aryl methyl sites for hydroxylation is 2. The van der Waals surface area contributed by atoms with Crippen molar-refractivity contribution >= 4 is 0 Å². The molecule has 0 unspecified atom stereocenters. The van der Waals surface area contributed by atoms with Crippen LogP contribution in [0, 0.1) is 6.92 Å². The summed E-state index contributed by atoms with van der Waals surface area (Å²) in [6, 6.07) is 9.49. The lowest BCUT2D eigenvalue weighted by Crippen LogP contribution is -2.42. The first kappa shape index (κ1) is 15.3. The summed E-state index contributed by atoms with van der Waals surface area (Å²) < 4.78 is 2.08. The second kappa shape index (κ2) is 7.07. The summed E-state index contributed by atoms with van der Waals surface area (Å²) in [7, 11) is 2.05. The van der Waals surface area contributed by atoms with Crippen LogP contribution in [0.5, 0.6) is 0 Å². The van der Waals surface area contributed by atoms with Gasteiger partial charge in [-0.2, -0.15) is 0 Å². The van der Waals surface area contributed by atoms with Crippen LogP contribution in [0.3, 0.4) is 0 Å². The molecule has 0 atom stereocenters. The number of nitrogens with zero attached hydrogens (tertiary/aromatic N) is 3. The van der Waals surface area contributed by atoms with Gasteiger partial charge in [-0.05, 0) is 38.4 Å². The second-order valence-corrected chi connectivity index (χ2v) is 6.42. The van der Waals surface area contributed by atoms with E-state index in [-0.39, 0.29) is 0 Å². The monoisotopic (exact) mass is 298 g/mol.